The molecule has 2 unspecified atom stereocenters. The molecule has 2 atom stereocenters. The quantitative estimate of drug-likeness (QED) is 0.371. The molecule has 0 fully saturated rings. The third kappa shape index (κ3) is 6.62. The number of nitrogens with one attached hydrogen (secondary N) is 1. The van der Waals surface area contributed by atoms with E-state index >= 15 is 0 Å². The predicted molar refractivity (Wildman–Crippen MR) is 85.6 cm³/mol. The first-order chi connectivity index (χ1) is 11.5. The molecule has 0 saturated carbocycles. The molecule has 1 amide bonds. The third-order valence-corrected chi connectivity index (χ3v) is 3.19. The Morgan fingerprint density at radius 3 is 2.54 bits per heavy atom. The zero-order valence-electron chi connectivity index (χ0n) is 13.4. The summed E-state index contributed by atoms with van der Waals surface area (Å²) in [7, 11) is 0. The van der Waals surface area contributed by atoms with Gasteiger partial charge in [0, 0.05) is 13.3 Å². The van der Waals surface area contributed by atoms with Gasteiger partial charge in [-0.1, -0.05) is 36.9 Å². The summed E-state index contributed by atoms with van der Waals surface area (Å²) in [5.41, 5.74) is 1.02. The van der Waals surface area contributed by atoms with Gasteiger partial charge in [0.05, 0.1) is 6.61 Å². The number of hydrogen-bond donors (Lipinski definition) is 2. The molecule has 0 aromatic heterocycles. The molecule has 0 spiro atoms. The molecule has 7 heteroatoms. The number of hydrogen-bond acceptors (Lipinski definition) is 6. The lowest BCUT2D eigenvalue weighted by Gasteiger charge is -2.22. The van der Waals surface area contributed by atoms with Crippen molar-refractivity contribution in [3.8, 4) is 0 Å². The number of aliphatic hydroxyl groups is 1. The van der Waals surface area contributed by atoms with Gasteiger partial charge in [0.25, 0.3) is 0 Å². The van der Waals surface area contributed by atoms with Gasteiger partial charge in [0.15, 0.2) is 6.04 Å². The van der Waals surface area contributed by atoms with Gasteiger partial charge in [-0.2, -0.15) is 0 Å². The van der Waals surface area contributed by atoms with Crippen molar-refractivity contribution in [2.45, 2.75) is 32.1 Å². The van der Waals surface area contributed by atoms with Crippen LogP contribution >= 0.6 is 0 Å². The van der Waals surface area contributed by atoms with Crippen LogP contribution in [0.5, 0.6) is 0 Å². The van der Waals surface area contributed by atoms with Crippen molar-refractivity contribution >= 4 is 18.3 Å². The summed E-state index contributed by atoms with van der Waals surface area (Å²) in [6, 6.07) is 7.72. The highest BCUT2D eigenvalue weighted by atomic mass is 16.5. The molecule has 0 saturated heterocycles. The first kappa shape index (κ1) is 19.4. The summed E-state index contributed by atoms with van der Waals surface area (Å²) in [5.74, 6) is -1.24. The number of benzene rings is 1. The lowest BCUT2D eigenvalue weighted by atomic mass is 10.0. The minimum Gasteiger partial charge on any atom is -0.466 e. The van der Waals surface area contributed by atoms with E-state index in [1.54, 1.807) is 24.3 Å². The van der Waals surface area contributed by atoms with Gasteiger partial charge in [0.2, 0.25) is 6.41 Å². The van der Waals surface area contributed by atoms with Gasteiger partial charge < -0.3 is 19.9 Å². The van der Waals surface area contributed by atoms with Crippen molar-refractivity contribution in [2.75, 3.05) is 6.61 Å². The van der Waals surface area contributed by atoms with Crippen LogP contribution in [0.15, 0.2) is 42.5 Å². The molecule has 0 radical (unpaired) electrons. The van der Waals surface area contributed by atoms with Crippen LogP contribution in [0.4, 0.5) is 0 Å². The summed E-state index contributed by atoms with van der Waals surface area (Å²) < 4.78 is 9.86. The van der Waals surface area contributed by atoms with E-state index in [0.29, 0.717) is 6.41 Å². The fourth-order valence-corrected chi connectivity index (χ4v) is 1.89. The number of esters is 2. The molecule has 2 N–H and O–H groups in total. The maximum Gasteiger partial charge on any atom is 0.332 e. The number of aliphatic hydroxyl groups excluding tert-OH is 1. The molecule has 0 aliphatic rings. The second kappa shape index (κ2) is 10.2. The van der Waals surface area contributed by atoms with Gasteiger partial charge in [0.1, 0.15) is 12.7 Å². The Morgan fingerprint density at radius 1 is 1.29 bits per heavy atom. The zero-order chi connectivity index (χ0) is 17.9. The van der Waals surface area contributed by atoms with E-state index in [0.717, 1.165) is 5.56 Å². The fourth-order valence-electron chi connectivity index (χ4n) is 1.89. The molecule has 24 heavy (non-hydrogen) atoms. The Labute approximate surface area is 140 Å². The minimum absolute atomic E-state index is 0.0172. The molecular weight excluding hydrogens is 314 g/mol. The lowest BCUT2D eigenvalue weighted by Crippen LogP contribution is -2.47. The smallest absolute Gasteiger partial charge is 0.332 e. The molecule has 0 bridgehead atoms. The second-order valence-electron chi connectivity index (χ2n) is 5.05. The van der Waals surface area contributed by atoms with Crippen LogP contribution in [0.2, 0.25) is 0 Å². The van der Waals surface area contributed by atoms with Crippen LogP contribution in [-0.4, -0.2) is 42.2 Å². The molecule has 1 aromatic carbocycles. The maximum atomic E-state index is 12.1. The van der Waals surface area contributed by atoms with Crippen LogP contribution in [0.25, 0.3) is 0 Å². The van der Waals surface area contributed by atoms with Crippen molar-refractivity contribution in [2.24, 2.45) is 0 Å². The van der Waals surface area contributed by atoms with Crippen molar-refractivity contribution in [3.05, 3.63) is 48.0 Å². The molecule has 7 nitrogen and oxygen atoms in total. The molecule has 1 aromatic rings. The molecule has 130 valence electrons. The highest BCUT2D eigenvalue weighted by Crippen LogP contribution is 2.12. The van der Waals surface area contributed by atoms with E-state index in [1.165, 1.54) is 6.92 Å². The number of carbonyl (C=O) groups excluding carboxylic acids is 3. The van der Waals surface area contributed by atoms with E-state index in [1.807, 2.05) is 6.07 Å². The molecule has 0 heterocycles. The van der Waals surface area contributed by atoms with Crippen LogP contribution in [0.1, 0.15) is 18.9 Å². The van der Waals surface area contributed by atoms with Crippen molar-refractivity contribution in [3.63, 3.8) is 0 Å². The molecule has 0 aliphatic heterocycles. The summed E-state index contributed by atoms with van der Waals surface area (Å²) >= 11 is 0. The van der Waals surface area contributed by atoms with Gasteiger partial charge >= 0.3 is 11.9 Å². The van der Waals surface area contributed by atoms with Crippen molar-refractivity contribution < 1.29 is 29.0 Å². The van der Waals surface area contributed by atoms with Gasteiger partial charge in [-0.25, -0.2) is 4.79 Å². The van der Waals surface area contributed by atoms with Crippen molar-refractivity contribution in [1.82, 2.24) is 5.32 Å². The van der Waals surface area contributed by atoms with Gasteiger partial charge in [-0.3, -0.25) is 9.59 Å². The Morgan fingerprint density at radius 2 is 1.96 bits per heavy atom. The normalized spacial score (nSPS) is 12.6. The average Bonchev–Trinajstić information content (AvgIpc) is 2.57. The number of rotatable bonds is 10. The molecule has 1 rings (SSSR count). The fraction of sp³-hybridized carbons (Fsp3) is 0.353. The molecule has 0 aliphatic carbocycles. The predicted octanol–water partition coefficient (Wildman–Crippen LogP) is 0.715. The standard InChI is InChI=1S/C17H21NO6/c1-12(8-9-23-13(2)20)16(21)15(18-11-19)17(22)24-10-14-6-4-3-5-7-14/h3-7,11,15-16,21H,1,8-10H2,2H3,(H,18,19). The number of amides is 1. The monoisotopic (exact) mass is 335 g/mol. The Kier molecular flexibility index (Phi) is 8.21. The molecular formula is C17H21NO6. The maximum absolute atomic E-state index is 12.1. The van der Waals surface area contributed by atoms with Gasteiger partial charge in [-0.05, 0) is 11.1 Å². The van der Waals surface area contributed by atoms with E-state index in [4.69, 9.17) is 9.47 Å². The summed E-state index contributed by atoms with van der Waals surface area (Å²) in [6.07, 6.45) is -0.894. The Hall–Kier alpha value is -2.67. The van der Waals surface area contributed by atoms with Crippen LogP contribution in [0, 0.1) is 0 Å². The second-order valence-corrected chi connectivity index (χ2v) is 5.05. The Bertz CT molecular complexity index is 572. The lowest BCUT2D eigenvalue weighted by molar-refractivity contribution is -0.151. The highest BCUT2D eigenvalue weighted by Gasteiger charge is 2.29. The van der Waals surface area contributed by atoms with Crippen molar-refractivity contribution in [1.29, 1.82) is 0 Å². The largest absolute Gasteiger partial charge is 0.466 e. The first-order valence-corrected chi connectivity index (χ1v) is 7.35. The summed E-state index contributed by atoms with van der Waals surface area (Å²) in [4.78, 5) is 33.5. The SMILES string of the molecule is C=C(CCOC(C)=O)C(O)C(NC=O)C(=O)OCc1ccccc1. The van der Waals surface area contributed by atoms with E-state index in [2.05, 4.69) is 11.9 Å². The van der Waals surface area contributed by atoms with E-state index in [9.17, 15) is 19.5 Å². The minimum atomic E-state index is -1.35. The highest BCUT2D eigenvalue weighted by molar-refractivity contribution is 5.79. The Balaban J connectivity index is 2.59. The van der Waals surface area contributed by atoms with E-state index < -0.39 is 24.1 Å². The third-order valence-electron chi connectivity index (χ3n) is 3.19. The topological polar surface area (TPSA) is 102 Å². The van der Waals surface area contributed by atoms with Crippen LogP contribution in [0.3, 0.4) is 0 Å². The number of carbonyl (C=O) groups is 3. The van der Waals surface area contributed by atoms with E-state index in [-0.39, 0.29) is 25.2 Å². The van der Waals surface area contributed by atoms with Gasteiger partial charge in [-0.15, -0.1) is 0 Å². The summed E-state index contributed by atoms with van der Waals surface area (Å²) in [6.45, 7) is 4.95. The average molecular weight is 335 g/mol. The number of ether oxygens (including phenoxy) is 2. The van der Waals surface area contributed by atoms with Crippen LogP contribution in [-0.2, 0) is 30.5 Å². The first-order valence-electron chi connectivity index (χ1n) is 7.35. The zero-order valence-corrected chi connectivity index (χ0v) is 13.4. The van der Waals surface area contributed by atoms with Crippen LogP contribution < -0.4 is 5.32 Å². The summed E-state index contributed by atoms with van der Waals surface area (Å²) in [5, 5.41) is 12.4.